The number of nitrogens with zero attached hydrogens (tertiary/aromatic N) is 1. The molecule has 0 bridgehead atoms. The van der Waals surface area contributed by atoms with Gasteiger partial charge in [0.05, 0.1) is 0 Å². The number of benzene rings is 1. The Bertz CT molecular complexity index is 485. The summed E-state index contributed by atoms with van der Waals surface area (Å²) in [7, 11) is 0. The lowest BCUT2D eigenvalue weighted by Gasteiger charge is -2.24. The lowest BCUT2D eigenvalue weighted by Crippen LogP contribution is -2.34. The van der Waals surface area contributed by atoms with Crippen LogP contribution in [0.25, 0.3) is 0 Å². The molecule has 2 rings (SSSR count). The van der Waals surface area contributed by atoms with Gasteiger partial charge in [-0.3, -0.25) is 4.79 Å². The molecule has 1 heterocycles. The number of oxime groups is 1. The molecule has 5 heteroatoms. The third-order valence-electron chi connectivity index (χ3n) is 3.41. The maximum Gasteiger partial charge on any atom is 0.266 e. The van der Waals surface area contributed by atoms with Crippen molar-refractivity contribution in [2.24, 2.45) is 16.8 Å². The molecule has 0 saturated carbocycles. The zero-order valence-electron chi connectivity index (χ0n) is 11.9. The van der Waals surface area contributed by atoms with Gasteiger partial charge in [0.2, 0.25) is 0 Å². The fourth-order valence-corrected chi connectivity index (χ4v) is 2.34. The highest BCUT2D eigenvalue weighted by Gasteiger charge is 2.25. The van der Waals surface area contributed by atoms with Crippen LogP contribution in [-0.4, -0.2) is 24.3 Å². The summed E-state index contributed by atoms with van der Waals surface area (Å²) in [5.41, 5.74) is 6.75. The van der Waals surface area contributed by atoms with Crippen LogP contribution in [0, 0.1) is 5.92 Å². The second-order valence-electron chi connectivity index (χ2n) is 5.37. The minimum Gasteiger partial charge on any atom is -0.390 e. The fourth-order valence-electron chi connectivity index (χ4n) is 2.34. The third-order valence-corrected chi connectivity index (χ3v) is 3.41. The fraction of sp³-hybridized carbons (Fsp3) is 0.467. The van der Waals surface area contributed by atoms with E-state index in [0.29, 0.717) is 24.6 Å². The van der Waals surface area contributed by atoms with Gasteiger partial charge in [-0.25, -0.2) is 0 Å². The quantitative estimate of drug-likeness (QED) is 0.828. The van der Waals surface area contributed by atoms with E-state index in [1.54, 1.807) is 0 Å². The lowest BCUT2D eigenvalue weighted by atomic mass is 9.96. The largest absolute Gasteiger partial charge is 0.390 e. The van der Waals surface area contributed by atoms with Crippen LogP contribution in [0.3, 0.4) is 0 Å². The summed E-state index contributed by atoms with van der Waals surface area (Å²) in [6, 6.07) is 10.5. The molecule has 5 nitrogen and oxygen atoms in total. The summed E-state index contributed by atoms with van der Waals surface area (Å²) < 4.78 is 0. The Kier molecular flexibility index (Phi) is 4.74. The van der Waals surface area contributed by atoms with Gasteiger partial charge in [0, 0.05) is 19.0 Å². The van der Waals surface area contributed by atoms with Gasteiger partial charge in [0.1, 0.15) is 11.8 Å². The first-order valence-electron chi connectivity index (χ1n) is 6.88. The number of rotatable bonds is 6. The van der Waals surface area contributed by atoms with Crippen molar-refractivity contribution in [3.63, 3.8) is 0 Å². The summed E-state index contributed by atoms with van der Waals surface area (Å²) in [6.45, 7) is 4.98. The summed E-state index contributed by atoms with van der Waals surface area (Å²) in [5.74, 6) is -0.0497. The predicted molar refractivity (Wildman–Crippen MR) is 78.1 cm³/mol. The van der Waals surface area contributed by atoms with Crippen LogP contribution >= 0.6 is 0 Å². The number of nitrogens with two attached hydrogens (primary N) is 1. The van der Waals surface area contributed by atoms with E-state index in [1.807, 2.05) is 18.2 Å². The van der Waals surface area contributed by atoms with E-state index < -0.39 is 5.91 Å². The molecule has 1 aromatic carbocycles. The van der Waals surface area contributed by atoms with Gasteiger partial charge in [-0.05, 0) is 11.5 Å². The van der Waals surface area contributed by atoms with Crippen molar-refractivity contribution in [1.29, 1.82) is 0 Å². The number of primary amides is 1. The SMILES string of the molecule is CC(C)C(NCC1CC(C(N)=O)=NO1)c1ccccc1. The van der Waals surface area contributed by atoms with Crippen LogP contribution < -0.4 is 11.1 Å². The molecule has 2 unspecified atom stereocenters. The van der Waals surface area contributed by atoms with Crippen molar-refractivity contribution in [2.45, 2.75) is 32.4 Å². The number of nitrogens with one attached hydrogen (secondary N) is 1. The normalized spacial score (nSPS) is 19.6. The van der Waals surface area contributed by atoms with E-state index >= 15 is 0 Å². The van der Waals surface area contributed by atoms with Crippen LogP contribution in [0.5, 0.6) is 0 Å². The van der Waals surface area contributed by atoms with Gasteiger partial charge in [0.25, 0.3) is 5.91 Å². The first-order chi connectivity index (χ1) is 9.58. The number of carbonyl (C=O) groups is 1. The molecule has 0 radical (unpaired) electrons. The average Bonchev–Trinajstić information content (AvgIpc) is 2.89. The molecule has 0 aliphatic carbocycles. The number of hydrogen-bond acceptors (Lipinski definition) is 4. The molecule has 0 saturated heterocycles. The molecular formula is C15H21N3O2. The van der Waals surface area contributed by atoms with Gasteiger partial charge < -0.3 is 15.9 Å². The van der Waals surface area contributed by atoms with Gasteiger partial charge in [0.15, 0.2) is 0 Å². The van der Waals surface area contributed by atoms with E-state index in [-0.39, 0.29) is 12.1 Å². The van der Waals surface area contributed by atoms with Crippen molar-refractivity contribution in [1.82, 2.24) is 5.32 Å². The maximum absolute atomic E-state index is 11.0. The van der Waals surface area contributed by atoms with Crippen LogP contribution in [0.2, 0.25) is 0 Å². The lowest BCUT2D eigenvalue weighted by molar-refractivity contribution is -0.112. The average molecular weight is 275 g/mol. The van der Waals surface area contributed by atoms with Crippen LogP contribution in [-0.2, 0) is 9.63 Å². The van der Waals surface area contributed by atoms with Gasteiger partial charge in [-0.2, -0.15) is 0 Å². The Balaban J connectivity index is 1.90. The Morgan fingerprint density at radius 2 is 2.15 bits per heavy atom. The molecule has 2 atom stereocenters. The molecule has 1 aliphatic rings. The molecule has 0 fully saturated rings. The highest BCUT2D eigenvalue weighted by molar-refractivity contribution is 6.38. The molecule has 0 aromatic heterocycles. The zero-order valence-corrected chi connectivity index (χ0v) is 11.9. The first-order valence-corrected chi connectivity index (χ1v) is 6.88. The smallest absolute Gasteiger partial charge is 0.266 e. The molecule has 3 N–H and O–H groups in total. The second kappa shape index (κ2) is 6.52. The van der Waals surface area contributed by atoms with Gasteiger partial charge in [-0.1, -0.05) is 49.3 Å². The monoisotopic (exact) mass is 275 g/mol. The number of carbonyl (C=O) groups excluding carboxylic acids is 1. The van der Waals surface area contributed by atoms with E-state index in [9.17, 15) is 4.79 Å². The Hall–Kier alpha value is -1.88. The highest BCUT2D eigenvalue weighted by Crippen LogP contribution is 2.22. The molecule has 1 aromatic rings. The maximum atomic E-state index is 11.0. The van der Waals surface area contributed by atoms with E-state index in [1.165, 1.54) is 5.56 Å². The Morgan fingerprint density at radius 3 is 2.70 bits per heavy atom. The molecule has 1 aliphatic heterocycles. The summed E-state index contributed by atoms with van der Waals surface area (Å²) in [5, 5.41) is 7.20. The van der Waals surface area contributed by atoms with Gasteiger partial charge >= 0.3 is 0 Å². The molecule has 0 spiro atoms. The summed E-state index contributed by atoms with van der Waals surface area (Å²) >= 11 is 0. The molecule has 108 valence electrons. The molecule has 20 heavy (non-hydrogen) atoms. The zero-order chi connectivity index (χ0) is 14.5. The Labute approximate surface area is 119 Å². The minimum atomic E-state index is -0.504. The van der Waals surface area contributed by atoms with Gasteiger partial charge in [-0.15, -0.1) is 0 Å². The summed E-state index contributed by atoms with van der Waals surface area (Å²) in [6.07, 6.45) is 0.351. The van der Waals surface area contributed by atoms with E-state index in [0.717, 1.165) is 0 Å². The van der Waals surface area contributed by atoms with Crippen molar-refractivity contribution in [3.8, 4) is 0 Å². The van der Waals surface area contributed by atoms with E-state index in [4.69, 9.17) is 10.6 Å². The minimum absolute atomic E-state index is 0.123. The second-order valence-corrected chi connectivity index (χ2v) is 5.37. The molecular weight excluding hydrogens is 254 g/mol. The van der Waals surface area contributed by atoms with Crippen LogP contribution in [0.4, 0.5) is 0 Å². The van der Waals surface area contributed by atoms with Crippen molar-refractivity contribution in [2.75, 3.05) is 6.54 Å². The first kappa shape index (κ1) is 14.5. The van der Waals surface area contributed by atoms with Crippen molar-refractivity contribution in [3.05, 3.63) is 35.9 Å². The van der Waals surface area contributed by atoms with Crippen LogP contribution in [0.1, 0.15) is 31.9 Å². The molecule has 1 amide bonds. The van der Waals surface area contributed by atoms with Crippen LogP contribution in [0.15, 0.2) is 35.5 Å². The van der Waals surface area contributed by atoms with Crippen molar-refractivity contribution >= 4 is 11.6 Å². The van der Waals surface area contributed by atoms with Crippen molar-refractivity contribution < 1.29 is 9.63 Å². The van der Waals surface area contributed by atoms with E-state index in [2.05, 4.69) is 36.5 Å². The number of amides is 1. The third kappa shape index (κ3) is 3.57. The summed E-state index contributed by atoms with van der Waals surface area (Å²) in [4.78, 5) is 16.2. The standard InChI is InChI=1S/C15H21N3O2/c1-10(2)14(11-6-4-3-5-7-11)17-9-12-8-13(15(16)19)18-20-12/h3-7,10,12,14,17H,8-9H2,1-2H3,(H2,16,19). The number of hydrogen-bond donors (Lipinski definition) is 2. The highest BCUT2D eigenvalue weighted by atomic mass is 16.6. The predicted octanol–water partition coefficient (Wildman–Crippen LogP) is 1.60. The topological polar surface area (TPSA) is 76.7 Å². The Morgan fingerprint density at radius 1 is 1.45 bits per heavy atom.